The van der Waals surface area contributed by atoms with E-state index < -0.39 is 0 Å². The molecule has 0 fully saturated rings. The predicted molar refractivity (Wildman–Crippen MR) is 71.0 cm³/mol. The summed E-state index contributed by atoms with van der Waals surface area (Å²) in [5.41, 5.74) is 3.33. The lowest BCUT2D eigenvalue weighted by molar-refractivity contribution is 0.554. The highest BCUT2D eigenvalue weighted by atomic mass is 16.4. The van der Waals surface area contributed by atoms with Crippen LogP contribution in [0, 0.1) is 0 Å². The van der Waals surface area contributed by atoms with E-state index in [1.165, 1.54) is 11.6 Å². The van der Waals surface area contributed by atoms with Crippen LogP contribution < -0.4 is 5.63 Å². The SMILES string of the molecule is CCc1coc2c(CC)c3oc(=O)ccc3cc12. The minimum Gasteiger partial charge on any atom is -0.464 e. The van der Waals surface area contributed by atoms with Crippen LogP contribution in [0.5, 0.6) is 0 Å². The second-order valence-corrected chi connectivity index (χ2v) is 4.37. The average Bonchev–Trinajstić information content (AvgIpc) is 2.78. The average molecular weight is 242 g/mol. The number of fused-ring (bicyclic) bond motifs is 2. The van der Waals surface area contributed by atoms with Gasteiger partial charge in [0.05, 0.1) is 6.26 Å². The van der Waals surface area contributed by atoms with Crippen molar-refractivity contribution < 1.29 is 8.83 Å². The van der Waals surface area contributed by atoms with E-state index in [0.717, 1.165) is 34.8 Å². The van der Waals surface area contributed by atoms with Crippen LogP contribution in [0.15, 0.2) is 38.1 Å². The summed E-state index contributed by atoms with van der Waals surface area (Å²) in [6, 6.07) is 5.31. The van der Waals surface area contributed by atoms with E-state index in [2.05, 4.69) is 6.92 Å². The Hall–Kier alpha value is -2.03. The maximum Gasteiger partial charge on any atom is 0.336 e. The van der Waals surface area contributed by atoms with E-state index in [4.69, 9.17) is 8.83 Å². The molecule has 0 N–H and O–H groups in total. The summed E-state index contributed by atoms with van der Waals surface area (Å²) in [5, 5.41) is 2.07. The van der Waals surface area contributed by atoms with Crippen LogP contribution in [0.3, 0.4) is 0 Å². The van der Waals surface area contributed by atoms with Gasteiger partial charge in [0.1, 0.15) is 11.2 Å². The van der Waals surface area contributed by atoms with Crippen LogP contribution >= 0.6 is 0 Å². The van der Waals surface area contributed by atoms with Gasteiger partial charge in [0.25, 0.3) is 0 Å². The molecule has 0 spiro atoms. The number of hydrogen-bond acceptors (Lipinski definition) is 3. The topological polar surface area (TPSA) is 43.4 Å². The number of benzene rings is 1. The first-order valence-electron chi connectivity index (χ1n) is 6.20. The summed E-state index contributed by atoms with van der Waals surface area (Å²) in [6.45, 7) is 4.14. The standard InChI is InChI=1S/C15H14O3/c1-3-9-8-17-15-11(4-2)14-10(7-12(9)15)5-6-13(16)18-14/h5-8H,3-4H2,1-2H3. The Morgan fingerprint density at radius 1 is 1.11 bits per heavy atom. The molecule has 0 saturated carbocycles. The van der Waals surface area contributed by atoms with E-state index in [9.17, 15) is 4.79 Å². The van der Waals surface area contributed by atoms with E-state index in [0.29, 0.717) is 5.58 Å². The zero-order chi connectivity index (χ0) is 12.7. The van der Waals surface area contributed by atoms with Crippen molar-refractivity contribution >= 4 is 21.9 Å². The molecule has 0 aliphatic heterocycles. The predicted octanol–water partition coefficient (Wildman–Crippen LogP) is 3.66. The fourth-order valence-electron chi connectivity index (χ4n) is 2.42. The van der Waals surface area contributed by atoms with Crippen molar-refractivity contribution in [1.82, 2.24) is 0 Å². The third-order valence-corrected chi connectivity index (χ3v) is 3.36. The van der Waals surface area contributed by atoms with E-state index in [1.807, 2.05) is 19.1 Å². The van der Waals surface area contributed by atoms with Crippen LogP contribution in [0.4, 0.5) is 0 Å². The molecule has 1 aromatic carbocycles. The van der Waals surface area contributed by atoms with Gasteiger partial charge in [-0.25, -0.2) is 4.79 Å². The molecule has 2 heterocycles. The molecule has 3 nitrogen and oxygen atoms in total. The Bertz CT molecular complexity index is 777. The summed E-state index contributed by atoms with van der Waals surface area (Å²) < 4.78 is 11.0. The maximum absolute atomic E-state index is 11.4. The lowest BCUT2D eigenvalue weighted by Gasteiger charge is -2.04. The summed E-state index contributed by atoms with van der Waals surface area (Å²) >= 11 is 0. The van der Waals surface area contributed by atoms with Gasteiger partial charge in [-0.05, 0) is 30.5 Å². The largest absolute Gasteiger partial charge is 0.464 e. The number of aryl methyl sites for hydroxylation is 2. The summed E-state index contributed by atoms with van der Waals surface area (Å²) in [5.74, 6) is 0. The van der Waals surface area contributed by atoms with Gasteiger partial charge in [0.2, 0.25) is 0 Å². The lowest BCUT2D eigenvalue weighted by atomic mass is 10.0. The maximum atomic E-state index is 11.4. The molecular weight excluding hydrogens is 228 g/mol. The Morgan fingerprint density at radius 3 is 2.67 bits per heavy atom. The molecule has 0 unspecified atom stereocenters. The molecule has 0 radical (unpaired) electrons. The first kappa shape index (κ1) is 11.1. The second kappa shape index (κ2) is 4.02. The highest BCUT2D eigenvalue weighted by molar-refractivity contribution is 5.98. The molecule has 0 bridgehead atoms. The van der Waals surface area contributed by atoms with Crippen molar-refractivity contribution in [3.63, 3.8) is 0 Å². The molecule has 0 atom stereocenters. The van der Waals surface area contributed by atoms with Crippen molar-refractivity contribution in [3.05, 3.63) is 46.0 Å². The fourth-order valence-corrected chi connectivity index (χ4v) is 2.42. The molecule has 0 aliphatic carbocycles. The lowest BCUT2D eigenvalue weighted by Crippen LogP contribution is -1.97. The molecular formula is C15H14O3. The van der Waals surface area contributed by atoms with Crippen LogP contribution in [-0.2, 0) is 12.8 Å². The Balaban J connectivity index is 2.53. The molecule has 3 aromatic rings. The fraction of sp³-hybridized carbons (Fsp3) is 0.267. The first-order chi connectivity index (χ1) is 8.74. The van der Waals surface area contributed by atoms with Crippen molar-refractivity contribution in [3.8, 4) is 0 Å². The van der Waals surface area contributed by atoms with Gasteiger partial charge in [-0.2, -0.15) is 0 Å². The van der Waals surface area contributed by atoms with Crippen molar-refractivity contribution in [1.29, 1.82) is 0 Å². The number of rotatable bonds is 2. The summed E-state index contributed by atoms with van der Waals surface area (Å²) in [4.78, 5) is 11.4. The van der Waals surface area contributed by atoms with E-state index in [-0.39, 0.29) is 5.63 Å². The number of furan rings is 1. The Kier molecular flexibility index (Phi) is 2.47. The molecule has 3 rings (SSSR count). The highest BCUT2D eigenvalue weighted by Gasteiger charge is 2.14. The van der Waals surface area contributed by atoms with Gasteiger partial charge in [0, 0.05) is 22.4 Å². The summed E-state index contributed by atoms with van der Waals surface area (Å²) in [6.07, 6.45) is 3.50. The van der Waals surface area contributed by atoms with Gasteiger partial charge in [0.15, 0.2) is 0 Å². The zero-order valence-electron chi connectivity index (χ0n) is 10.4. The van der Waals surface area contributed by atoms with Crippen LogP contribution in [0.1, 0.15) is 25.0 Å². The third-order valence-electron chi connectivity index (χ3n) is 3.36. The minimum atomic E-state index is -0.321. The second-order valence-electron chi connectivity index (χ2n) is 4.37. The van der Waals surface area contributed by atoms with Gasteiger partial charge < -0.3 is 8.83 Å². The van der Waals surface area contributed by atoms with Crippen molar-refractivity contribution in [2.24, 2.45) is 0 Å². The van der Waals surface area contributed by atoms with Gasteiger partial charge >= 0.3 is 5.63 Å². The van der Waals surface area contributed by atoms with Gasteiger partial charge in [-0.1, -0.05) is 13.8 Å². The van der Waals surface area contributed by atoms with Crippen LogP contribution in [-0.4, -0.2) is 0 Å². The minimum absolute atomic E-state index is 0.321. The smallest absolute Gasteiger partial charge is 0.336 e. The third kappa shape index (κ3) is 1.47. The Morgan fingerprint density at radius 2 is 1.94 bits per heavy atom. The molecule has 0 amide bonds. The van der Waals surface area contributed by atoms with Gasteiger partial charge in [-0.3, -0.25) is 0 Å². The first-order valence-corrected chi connectivity index (χ1v) is 6.20. The molecule has 92 valence electrons. The van der Waals surface area contributed by atoms with E-state index >= 15 is 0 Å². The van der Waals surface area contributed by atoms with Crippen molar-refractivity contribution in [2.75, 3.05) is 0 Å². The number of hydrogen-bond donors (Lipinski definition) is 0. The monoisotopic (exact) mass is 242 g/mol. The quantitative estimate of drug-likeness (QED) is 0.644. The molecule has 0 saturated heterocycles. The normalized spacial score (nSPS) is 11.4. The molecule has 2 aromatic heterocycles. The van der Waals surface area contributed by atoms with Gasteiger partial charge in [-0.15, -0.1) is 0 Å². The molecule has 0 aliphatic rings. The van der Waals surface area contributed by atoms with Crippen LogP contribution in [0.25, 0.3) is 21.9 Å². The van der Waals surface area contributed by atoms with E-state index in [1.54, 1.807) is 6.26 Å². The van der Waals surface area contributed by atoms with Crippen LogP contribution in [0.2, 0.25) is 0 Å². The molecule has 3 heteroatoms. The molecule has 18 heavy (non-hydrogen) atoms. The zero-order valence-corrected chi connectivity index (χ0v) is 10.4. The highest BCUT2D eigenvalue weighted by Crippen LogP contribution is 2.31. The summed E-state index contributed by atoms with van der Waals surface area (Å²) in [7, 11) is 0. The van der Waals surface area contributed by atoms with Crippen molar-refractivity contribution in [2.45, 2.75) is 26.7 Å². The Labute approximate surface area is 104 Å².